The van der Waals surface area contributed by atoms with Crippen molar-refractivity contribution in [1.29, 1.82) is 0 Å². The number of benzene rings is 1. The molecular weight excluding hydrogens is 278 g/mol. The molecule has 6 heteroatoms. The molecule has 0 aliphatic heterocycles. The molecule has 0 bridgehead atoms. The van der Waals surface area contributed by atoms with E-state index >= 15 is 0 Å². The molecule has 0 heterocycles. The maximum atomic E-state index is 11.1. The molecule has 1 aromatic carbocycles. The Balaban J connectivity index is 2.34. The molecule has 0 unspecified atom stereocenters. The van der Waals surface area contributed by atoms with E-state index in [-0.39, 0.29) is 13.0 Å². The summed E-state index contributed by atoms with van der Waals surface area (Å²) in [6.45, 7) is 0.0463. The third-order valence-electron chi connectivity index (χ3n) is 1.63. The Hall–Kier alpha value is -1.56. The summed E-state index contributed by atoms with van der Waals surface area (Å²) >= 11 is 3.25. The summed E-state index contributed by atoms with van der Waals surface area (Å²) in [5.74, 6) is -0.569. The van der Waals surface area contributed by atoms with Crippen molar-refractivity contribution < 1.29 is 19.4 Å². The minimum atomic E-state index is -0.969. The van der Waals surface area contributed by atoms with Gasteiger partial charge in [0.2, 0.25) is 0 Å². The molecule has 5 nitrogen and oxygen atoms in total. The fourth-order valence-electron chi connectivity index (χ4n) is 0.917. The van der Waals surface area contributed by atoms with Crippen molar-refractivity contribution in [2.45, 2.75) is 6.42 Å². The average molecular weight is 288 g/mol. The Kier molecular flexibility index (Phi) is 4.78. The van der Waals surface area contributed by atoms with Crippen molar-refractivity contribution in [3.8, 4) is 5.75 Å². The summed E-state index contributed by atoms with van der Waals surface area (Å²) in [6.07, 6.45) is -0.793. The Labute approximate surface area is 101 Å². The van der Waals surface area contributed by atoms with Crippen LogP contribution in [0.3, 0.4) is 0 Å². The Bertz CT molecular complexity index is 377. The first kappa shape index (κ1) is 12.5. The molecule has 86 valence electrons. The van der Waals surface area contributed by atoms with E-state index in [0.29, 0.717) is 5.75 Å². The minimum absolute atomic E-state index is 0.0463. The van der Waals surface area contributed by atoms with E-state index in [2.05, 4.69) is 21.2 Å². The number of ether oxygens (including phenoxy) is 1. The van der Waals surface area contributed by atoms with Crippen molar-refractivity contribution >= 4 is 28.0 Å². The third-order valence-corrected chi connectivity index (χ3v) is 2.16. The number of carbonyl (C=O) groups excluding carboxylic acids is 1. The van der Waals surface area contributed by atoms with Crippen LogP contribution in [0.1, 0.15) is 6.42 Å². The highest BCUT2D eigenvalue weighted by Crippen LogP contribution is 2.15. The van der Waals surface area contributed by atoms with Crippen LogP contribution in [-0.2, 0) is 4.79 Å². The largest absolute Gasteiger partial charge is 0.481 e. The first-order chi connectivity index (χ1) is 7.58. The van der Waals surface area contributed by atoms with Gasteiger partial charge in [-0.1, -0.05) is 15.9 Å². The molecular formula is C10H10BrNO4. The summed E-state index contributed by atoms with van der Waals surface area (Å²) in [7, 11) is 0. The quantitative estimate of drug-likeness (QED) is 0.888. The summed E-state index contributed by atoms with van der Waals surface area (Å²) in [6, 6.07) is 6.72. The predicted octanol–water partition coefficient (Wildman–Crippen LogP) is 2.01. The van der Waals surface area contributed by atoms with Gasteiger partial charge in [0.05, 0.1) is 6.42 Å². The van der Waals surface area contributed by atoms with Gasteiger partial charge in [-0.3, -0.25) is 4.79 Å². The lowest BCUT2D eigenvalue weighted by atomic mass is 10.3. The van der Waals surface area contributed by atoms with E-state index in [1.54, 1.807) is 24.3 Å². The molecule has 0 atom stereocenters. The number of carbonyl (C=O) groups is 2. The fourth-order valence-corrected chi connectivity index (χ4v) is 1.18. The van der Waals surface area contributed by atoms with Crippen LogP contribution in [-0.4, -0.2) is 23.7 Å². The van der Waals surface area contributed by atoms with Crippen LogP contribution in [0, 0.1) is 0 Å². The zero-order valence-corrected chi connectivity index (χ0v) is 9.86. The SMILES string of the molecule is O=C(O)CCNC(=O)Oc1ccc(Br)cc1. The first-order valence-electron chi connectivity index (χ1n) is 4.51. The van der Waals surface area contributed by atoms with Crippen LogP contribution in [0.15, 0.2) is 28.7 Å². The highest BCUT2D eigenvalue weighted by molar-refractivity contribution is 9.10. The van der Waals surface area contributed by atoms with E-state index in [1.807, 2.05) is 0 Å². The zero-order valence-electron chi connectivity index (χ0n) is 8.27. The molecule has 1 aromatic rings. The molecule has 1 amide bonds. The van der Waals surface area contributed by atoms with E-state index in [9.17, 15) is 9.59 Å². The van der Waals surface area contributed by atoms with Crippen LogP contribution in [0.2, 0.25) is 0 Å². The summed E-state index contributed by atoms with van der Waals surface area (Å²) < 4.78 is 5.77. The molecule has 0 aliphatic carbocycles. The summed E-state index contributed by atoms with van der Waals surface area (Å²) in [5.41, 5.74) is 0. The smallest absolute Gasteiger partial charge is 0.412 e. The van der Waals surface area contributed by atoms with Gasteiger partial charge >= 0.3 is 12.1 Å². The van der Waals surface area contributed by atoms with Crippen LogP contribution < -0.4 is 10.1 Å². The molecule has 0 aromatic heterocycles. The van der Waals surface area contributed by atoms with Gasteiger partial charge in [-0.2, -0.15) is 0 Å². The fraction of sp³-hybridized carbons (Fsp3) is 0.200. The maximum absolute atomic E-state index is 11.1. The van der Waals surface area contributed by atoms with Gasteiger partial charge in [0.25, 0.3) is 0 Å². The second kappa shape index (κ2) is 6.12. The van der Waals surface area contributed by atoms with E-state index < -0.39 is 12.1 Å². The number of carboxylic acid groups (broad SMARTS) is 1. The zero-order chi connectivity index (χ0) is 12.0. The van der Waals surface area contributed by atoms with Crippen LogP contribution in [0.25, 0.3) is 0 Å². The van der Waals surface area contributed by atoms with Gasteiger partial charge in [-0.15, -0.1) is 0 Å². The lowest BCUT2D eigenvalue weighted by Gasteiger charge is -2.05. The van der Waals surface area contributed by atoms with Crippen LogP contribution in [0.5, 0.6) is 5.75 Å². The average Bonchev–Trinajstić information content (AvgIpc) is 2.21. The van der Waals surface area contributed by atoms with Crippen molar-refractivity contribution in [2.24, 2.45) is 0 Å². The summed E-state index contributed by atoms with van der Waals surface area (Å²) in [5, 5.41) is 10.7. The Morgan fingerprint density at radius 3 is 2.50 bits per heavy atom. The molecule has 0 saturated heterocycles. The van der Waals surface area contributed by atoms with Gasteiger partial charge in [-0.05, 0) is 24.3 Å². The number of hydrogen-bond donors (Lipinski definition) is 2. The monoisotopic (exact) mass is 287 g/mol. The molecule has 16 heavy (non-hydrogen) atoms. The second-order valence-corrected chi connectivity index (χ2v) is 3.83. The maximum Gasteiger partial charge on any atom is 0.412 e. The van der Waals surface area contributed by atoms with Gasteiger partial charge in [0.1, 0.15) is 5.75 Å². The first-order valence-corrected chi connectivity index (χ1v) is 5.30. The topological polar surface area (TPSA) is 75.6 Å². The minimum Gasteiger partial charge on any atom is -0.481 e. The number of halogens is 1. The lowest BCUT2D eigenvalue weighted by molar-refractivity contribution is -0.136. The molecule has 0 fully saturated rings. The number of nitrogens with one attached hydrogen (secondary N) is 1. The van der Waals surface area contributed by atoms with Crippen molar-refractivity contribution in [1.82, 2.24) is 5.32 Å². The molecule has 1 rings (SSSR count). The van der Waals surface area contributed by atoms with Gasteiger partial charge in [-0.25, -0.2) is 4.79 Å². The molecule has 0 saturated carbocycles. The highest BCUT2D eigenvalue weighted by Gasteiger charge is 2.04. The van der Waals surface area contributed by atoms with Crippen molar-refractivity contribution in [3.63, 3.8) is 0 Å². The van der Waals surface area contributed by atoms with E-state index in [4.69, 9.17) is 9.84 Å². The van der Waals surface area contributed by atoms with Crippen LogP contribution in [0.4, 0.5) is 4.79 Å². The molecule has 0 spiro atoms. The van der Waals surface area contributed by atoms with E-state index in [1.165, 1.54) is 0 Å². The molecule has 2 N–H and O–H groups in total. The van der Waals surface area contributed by atoms with Gasteiger partial charge in [0, 0.05) is 11.0 Å². The molecule has 0 radical (unpaired) electrons. The number of rotatable bonds is 4. The van der Waals surface area contributed by atoms with Gasteiger partial charge in [0.15, 0.2) is 0 Å². The lowest BCUT2D eigenvalue weighted by Crippen LogP contribution is -2.28. The number of hydrogen-bond acceptors (Lipinski definition) is 3. The predicted molar refractivity (Wildman–Crippen MR) is 60.4 cm³/mol. The van der Waals surface area contributed by atoms with E-state index in [0.717, 1.165) is 4.47 Å². The number of amides is 1. The second-order valence-electron chi connectivity index (χ2n) is 2.91. The third kappa shape index (κ3) is 4.79. The highest BCUT2D eigenvalue weighted by atomic mass is 79.9. The van der Waals surface area contributed by atoms with Crippen molar-refractivity contribution in [3.05, 3.63) is 28.7 Å². The normalized spacial score (nSPS) is 9.56. The molecule has 0 aliphatic rings. The number of carboxylic acids is 1. The summed E-state index contributed by atoms with van der Waals surface area (Å²) in [4.78, 5) is 21.3. The Morgan fingerprint density at radius 1 is 1.31 bits per heavy atom. The van der Waals surface area contributed by atoms with Crippen LogP contribution >= 0.6 is 15.9 Å². The van der Waals surface area contributed by atoms with Gasteiger partial charge < -0.3 is 15.2 Å². The van der Waals surface area contributed by atoms with Crippen molar-refractivity contribution in [2.75, 3.05) is 6.54 Å². The Morgan fingerprint density at radius 2 is 1.94 bits per heavy atom. The number of aliphatic carboxylic acids is 1. The standard InChI is InChI=1S/C10H10BrNO4/c11-7-1-3-8(4-2-7)16-10(15)12-6-5-9(13)14/h1-4H,5-6H2,(H,12,15)(H,13,14).